The van der Waals surface area contributed by atoms with Gasteiger partial charge in [0.25, 0.3) is 0 Å². The van der Waals surface area contributed by atoms with Gasteiger partial charge < -0.3 is 10.8 Å². The first-order valence-corrected chi connectivity index (χ1v) is 8.54. The fourth-order valence-corrected chi connectivity index (χ4v) is 5.88. The minimum atomic E-state index is -0.285. The lowest BCUT2D eigenvalue weighted by molar-refractivity contribution is -0.0956. The van der Waals surface area contributed by atoms with Gasteiger partial charge in [-0.25, -0.2) is 0 Å². The first-order chi connectivity index (χ1) is 10.3. The quantitative estimate of drug-likeness (QED) is 0.894. The minimum Gasteiger partial charge on any atom is -0.392 e. The van der Waals surface area contributed by atoms with E-state index >= 15 is 0 Å². The van der Waals surface area contributed by atoms with Crippen LogP contribution in [0.15, 0.2) is 24.5 Å². The number of hydrogen-bond donors (Lipinski definition) is 2. The van der Waals surface area contributed by atoms with E-state index in [0.29, 0.717) is 12.5 Å². The number of aliphatic hydroxyl groups excluding tert-OH is 1. The highest BCUT2D eigenvalue weighted by molar-refractivity contribution is 5.19. The van der Waals surface area contributed by atoms with E-state index in [1.54, 1.807) is 0 Å². The molecule has 3 nitrogen and oxygen atoms in total. The lowest BCUT2D eigenvalue weighted by Crippen LogP contribution is -2.51. The maximum Gasteiger partial charge on any atom is 0.0654 e. The van der Waals surface area contributed by atoms with E-state index in [-0.39, 0.29) is 12.0 Å². The van der Waals surface area contributed by atoms with Crippen LogP contribution in [0.1, 0.15) is 43.6 Å². The molecule has 0 aromatic carbocycles. The van der Waals surface area contributed by atoms with Crippen LogP contribution in [0.3, 0.4) is 0 Å². The van der Waals surface area contributed by atoms with Crippen molar-refractivity contribution in [3.8, 4) is 0 Å². The second-order valence-electron chi connectivity index (χ2n) is 7.62. The molecule has 4 aliphatic rings. The minimum absolute atomic E-state index is 0.0653. The van der Waals surface area contributed by atoms with Gasteiger partial charge in [-0.05, 0) is 79.4 Å². The number of nitrogens with zero attached hydrogens (tertiary/aromatic N) is 1. The Morgan fingerprint density at radius 3 is 2.14 bits per heavy atom. The molecule has 4 aliphatic carbocycles. The topological polar surface area (TPSA) is 59.1 Å². The molecule has 0 amide bonds. The third kappa shape index (κ3) is 2.31. The van der Waals surface area contributed by atoms with Crippen molar-refractivity contribution in [2.75, 3.05) is 6.54 Å². The zero-order valence-electron chi connectivity index (χ0n) is 12.6. The standard InChI is InChI=1S/C18H26N2O/c19-10-16(13-1-3-20-4-2-13)18(21)17-14-6-11-5-12(8-14)9-15(17)7-11/h1-4,11-12,14-18,21H,5-10,19H2. The second kappa shape index (κ2) is 5.36. The molecule has 2 atom stereocenters. The molecule has 1 aromatic heterocycles. The van der Waals surface area contributed by atoms with Gasteiger partial charge in [0.15, 0.2) is 0 Å². The maximum absolute atomic E-state index is 11.1. The Kier molecular flexibility index (Phi) is 3.50. The Morgan fingerprint density at radius 2 is 1.62 bits per heavy atom. The second-order valence-corrected chi connectivity index (χ2v) is 7.62. The Bertz CT molecular complexity index is 461. The third-order valence-electron chi connectivity index (χ3n) is 6.49. The number of aromatic nitrogens is 1. The Morgan fingerprint density at radius 1 is 1.05 bits per heavy atom. The summed E-state index contributed by atoms with van der Waals surface area (Å²) in [5, 5.41) is 11.1. The van der Waals surface area contributed by atoms with Crippen molar-refractivity contribution in [1.29, 1.82) is 0 Å². The molecule has 5 rings (SSSR count). The van der Waals surface area contributed by atoms with Gasteiger partial charge in [0.2, 0.25) is 0 Å². The van der Waals surface area contributed by atoms with Crippen LogP contribution < -0.4 is 5.73 Å². The first-order valence-electron chi connectivity index (χ1n) is 8.54. The van der Waals surface area contributed by atoms with Crippen LogP contribution in [0.2, 0.25) is 0 Å². The summed E-state index contributed by atoms with van der Waals surface area (Å²) in [5.41, 5.74) is 7.17. The van der Waals surface area contributed by atoms with Crippen molar-refractivity contribution in [2.45, 2.75) is 44.1 Å². The molecule has 0 saturated heterocycles. The summed E-state index contributed by atoms with van der Waals surface area (Å²) in [5.74, 6) is 3.93. The van der Waals surface area contributed by atoms with Crippen LogP contribution in [-0.2, 0) is 0 Å². The van der Waals surface area contributed by atoms with E-state index in [1.165, 1.54) is 32.1 Å². The van der Waals surface area contributed by atoms with E-state index in [1.807, 2.05) is 24.5 Å². The zero-order valence-corrected chi connectivity index (χ0v) is 12.6. The maximum atomic E-state index is 11.1. The van der Waals surface area contributed by atoms with E-state index in [2.05, 4.69) is 4.98 Å². The highest BCUT2D eigenvalue weighted by Gasteiger charge is 2.51. The Labute approximate surface area is 127 Å². The number of aliphatic hydroxyl groups is 1. The van der Waals surface area contributed by atoms with E-state index < -0.39 is 0 Å². The summed E-state index contributed by atoms with van der Waals surface area (Å²) in [7, 11) is 0. The van der Waals surface area contributed by atoms with Crippen LogP contribution in [-0.4, -0.2) is 22.7 Å². The molecular formula is C18H26N2O. The predicted molar refractivity (Wildman–Crippen MR) is 82.6 cm³/mol. The highest BCUT2D eigenvalue weighted by atomic mass is 16.3. The molecule has 3 N–H and O–H groups in total. The average molecular weight is 286 g/mol. The zero-order chi connectivity index (χ0) is 14.4. The van der Waals surface area contributed by atoms with Gasteiger partial charge in [-0.1, -0.05) is 0 Å². The molecule has 4 fully saturated rings. The van der Waals surface area contributed by atoms with E-state index in [4.69, 9.17) is 5.73 Å². The molecule has 114 valence electrons. The van der Waals surface area contributed by atoms with Gasteiger partial charge in [-0.3, -0.25) is 4.98 Å². The van der Waals surface area contributed by atoms with Gasteiger partial charge in [0, 0.05) is 24.9 Å². The highest BCUT2D eigenvalue weighted by Crippen LogP contribution is 2.58. The number of rotatable bonds is 4. The summed E-state index contributed by atoms with van der Waals surface area (Å²) in [6, 6.07) is 4.02. The van der Waals surface area contributed by atoms with Gasteiger partial charge in [-0.2, -0.15) is 0 Å². The third-order valence-corrected chi connectivity index (χ3v) is 6.49. The van der Waals surface area contributed by atoms with Crippen LogP contribution in [0, 0.1) is 29.6 Å². The molecule has 4 bridgehead atoms. The van der Waals surface area contributed by atoms with E-state index in [0.717, 1.165) is 29.2 Å². The number of hydrogen-bond acceptors (Lipinski definition) is 3. The van der Waals surface area contributed by atoms with Gasteiger partial charge in [-0.15, -0.1) is 0 Å². The van der Waals surface area contributed by atoms with Crippen molar-refractivity contribution < 1.29 is 5.11 Å². The molecule has 1 heterocycles. The lowest BCUT2D eigenvalue weighted by atomic mass is 9.50. The van der Waals surface area contributed by atoms with E-state index in [9.17, 15) is 5.11 Å². The van der Waals surface area contributed by atoms with Crippen molar-refractivity contribution in [3.05, 3.63) is 30.1 Å². The average Bonchev–Trinajstić information content (AvgIpc) is 2.48. The SMILES string of the molecule is NCC(c1ccncc1)C(O)C1C2CC3CC(C2)CC1C3. The van der Waals surface area contributed by atoms with Crippen molar-refractivity contribution >= 4 is 0 Å². The summed E-state index contributed by atoms with van der Waals surface area (Å²) < 4.78 is 0. The monoisotopic (exact) mass is 286 g/mol. The van der Waals surface area contributed by atoms with Gasteiger partial charge >= 0.3 is 0 Å². The largest absolute Gasteiger partial charge is 0.392 e. The molecular weight excluding hydrogens is 260 g/mol. The van der Waals surface area contributed by atoms with Crippen molar-refractivity contribution in [2.24, 2.45) is 35.3 Å². The smallest absolute Gasteiger partial charge is 0.0654 e. The number of pyridine rings is 1. The molecule has 0 aliphatic heterocycles. The molecule has 3 heteroatoms. The lowest BCUT2D eigenvalue weighted by Gasteiger charge is -2.56. The summed E-state index contributed by atoms with van der Waals surface area (Å²) in [6.45, 7) is 0.522. The van der Waals surface area contributed by atoms with Crippen LogP contribution in [0.25, 0.3) is 0 Å². The predicted octanol–water partition coefficient (Wildman–Crippen LogP) is 2.56. The fraction of sp³-hybridized carbons (Fsp3) is 0.722. The summed E-state index contributed by atoms with van der Waals surface area (Å²) >= 11 is 0. The molecule has 0 radical (unpaired) electrons. The van der Waals surface area contributed by atoms with Crippen molar-refractivity contribution in [3.63, 3.8) is 0 Å². The molecule has 2 unspecified atom stereocenters. The van der Waals surface area contributed by atoms with Crippen LogP contribution in [0.5, 0.6) is 0 Å². The normalized spacial score (nSPS) is 40.2. The van der Waals surface area contributed by atoms with Gasteiger partial charge in [0.05, 0.1) is 6.10 Å². The Balaban J connectivity index is 1.57. The fourth-order valence-electron chi connectivity index (χ4n) is 5.88. The Hall–Kier alpha value is -0.930. The molecule has 0 spiro atoms. The summed E-state index contributed by atoms with van der Waals surface area (Å²) in [6.07, 6.45) is 10.2. The van der Waals surface area contributed by atoms with Crippen molar-refractivity contribution in [1.82, 2.24) is 4.98 Å². The summed E-state index contributed by atoms with van der Waals surface area (Å²) in [4.78, 5) is 4.08. The molecule has 4 saturated carbocycles. The van der Waals surface area contributed by atoms with Crippen LogP contribution in [0.4, 0.5) is 0 Å². The molecule has 1 aromatic rings. The first kappa shape index (κ1) is 13.7. The van der Waals surface area contributed by atoms with Gasteiger partial charge in [0.1, 0.15) is 0 Å². The number of nitrogens with two attached hydrogens (primary N) is 1. The molecule has 21 heavy (non-hydrogen) atoms. The van der Waals surface area contributed by atoms with Crippen LogP contribution >= 0.6 is 0 Å².